The van der Waals surface area contributed by atoms with Crippen LogP contribution in [0.25, 0.3) is 0 Å². The first-order valence-electron chi connectivity index (χ1n) is 5.70. The molecule has 0 unspecified atom stereocenters. The van der Waals surface area contributed by atoms with E-state index in [0.717, 1.165) is 18.7 Å². The lowest BCUT2D eigenvalue weighted by Gasteiger charge is -2.04. The largest absolute Gasteiger partial charge is 0.408 e. The number of carbonyl (C=O) groups is 1. The molecule has 2 N–H and O–H groups in total. The number of aryl methyl sites for hydroxylation is 1. The summed E-state index contributed by atoms with van der Waals surface area (Å²) in [7, 11) is 0. The summed E-state index contributed by atoms with van der Waals surface area (Å²) in [5.74, 6) is 0.163. The molecule has 92 valence electrons. The number of nitrogens with one attached hydrogen (secondary N) is 2. The number of nitrogens with zero attached hydrogens (tertiary/aromatic N) is 2. The van der Waals surface area contributed by atoms with Gasteiger partial charge < -0.3 is 9.73 Å². The van der Waals surface area contributed by atoms with E-state index in [9.17, 15) is 4.79 Å². The maximum absolute atomic E-state index is 12.0. The van der Waals surface area contributed by atoms with Crippen LogP contribution >= 0.6 is 0 Å². The normalized spacial score (nSPS) is 12.9. The van der Waals surface area contributed by atoms with E-state index in [4.69, 9.17) is 4.42 Å². The van der Waals surface area contributed by atoms with Crippen molar-refractivity contribution < 1.29 is 9.21 Å². The molecule has 0 fully saturated rings. The smallest absolute Gasteiger partial charge is 0.322 e. The van der Waals surface area contributed by atoms with Crippen LogP contribution in [0.2, 0.25) is 0 Å². The lowest BCUT2D eigenvalue weighted by molar-refractivity contribution is 0.102. The van der Waals surface area contributed by atoms with E-state index in [1.807, 2.05) is 12.1 Å². The van der Waals surface area contributed by atoms with Gasteiger partial charge in [0.2, 0.25) is 5.89 Å². The fraction of sp³-hybridized carbons (Fsp3) is 0.250. The number of carbonyl (C=O) groups excluding carboxylic acids is 1. The van der Waals surface area contributed by atoms with Gasteiger partial charge in [0.05, 0.1) is 0 Å². The van der Waals surface area contributed by atoms with E-state index < -0.39 is 0 Å². The molecule has 0 saturated carbocycles. The molecule has 6 nitrogen and oxygen atoms in total. The zero-order chi connectivity index (χ0) is 12.5. The molecule has 1 aromatic carbocycles. The third kappa shape index (κ3) is 1.92. The first-order chi connectivity index (χ1) is 8.72. The minimum atomic E-state index is -0.254. The molecule has 1 aliphatic heterocycles. The molecule has 1 amide bonds. The van der Waals surface area contributed by atoms with Crippen molar-refractivity contribution in [3.63, 3.8) is 0 Å². The molecule has 0 bridgehead atoms. The van der Waals surface area contributed by atoms with Crippen molar-refractivity contribution in [2.45, 2.75) is 13.3 Å². The molecule has 6 heteroatoms. The Morgan fingerprint density at radius 1 is 1.44 bits per heavy atom. The molecule has 2 heterocycles. The quantitative estimate of drug-likeness (QED) is 0.838. The van der Waals surface area contributed by atoms with Gasteiger partial charge in [0.1, 0.15) is 0 Å². The highest BCUT2D eigenvalue weighted by atomic mass is 16.4. The second-order valence-electron chi connectivity index (χ2n) is 4.13. The summed E-state index contributed by atoms with van der Waals surface area (Å²) < 4.78 is 5.10. The maximum atomic E-state index is 12.0. The van der Waals surface area contributed by atoms with Gasteiger partial charge in [-0.2, -0.15) is 0 Å². The van der Waals surface area contributed by atoms with Crippen LogP contribution in [0.3, 0.4) is 0 Å². The zero-order valence-electron chi connectivity index (χ0n) is 9.86. The van der Waals surface area contributed by atoms with Gasteiger partial charge in [-0.3, -0.25) is 10.1 Å². The van der Waals surface area contributed by atoms with E-state index in [-0.39, 0.29) is 11.9 Å². The van der Waals surface area contributed by atoms with Gasteiger partial charge in [-0.1, -0.05) is 11.2 Å². The van der Waals surface area contributed by atoms with E-state index >= 15 is 0 Å². The highest BCUT2D eigenvalue weighted by molar-refractivity contribution is 6.03. The highest BCUT2D eigenvalue weighted by Crippen LogP contribution is 2.23. The van der Waals surface area contributed by atoms with Gasteiger partial charge in [0.25, 0.3) is 5.91 Å². The number of fused-ring (bicyclic) bond motifs is 1. The zero-order valence-corrected chi connectivity index (χ0v) is 9.86. The highest BCUT2D eigenvalue weighted by Gasteiger charge is 2.15. The van der Waals surface area contributed by atoms with Crippen molar-refractivity contribution in [3.05, 3.63) is 35.2 Å². The number of anilines is 2. The Labute approximate surface area is 103 Å². The Bertz CT molecular complexity index is 606. The molecule has 1 aliphatic rings. The Hall–Kier alpha value is -2.37. The van der Waals surface area contributed by atoms with E-state index in [1.54, 1.807) is 13.0 Å². The van der Waals surface area contributed by atoms with E-state index in [0.29, 0.717) is 11.5 Å². The number of amides is 1. The van der Waals surface area contributed by atoms with Crippen molar-refractivity contribution in [2.24, 2.45) is 0 Å². The Kier molecular flexibility index (Phi) is 2.47. The number of aromatic nitrogens is 2. The first kappa shape index (κ1) is 10.8. The van der Waals surface area contributed by atoms with Gasteiger partial charge >= 0.3 is 6.01 Å². The van der Waals surface area contributed by atoms with Crippen molar-refractivity contribution in [1.29, 1.82) is 0 Å². The lowest BCUT2D eigenvalue weighted by Crippen LogP contribution is -2.12. The minimum absolute atomic E-state index is 0.117. The van der Waals surface area contributed by atoms with E-state index in [1.165, 1.54) is 5.56 Å². The Morgan fingerprint density at radius 2 is 2.33 bits per heavy atom. The predicted octanol–water partition coefficient (Wildman–Crippen LogP) is 1.60. The predicted molar refractivity (Wildman–Crippen MR) is 65.6 cm³/mol. The third-order valence-electron chi connectivity index (χ3n) is 2.83. The first-order valence-corrected chi connectivity index (χ1v) is 5.70. The molecule has 3 rings (SSSR count). The molecule has 0 saturated heterocycles. The monoisotopic (exact) mass is 244 g/mol. The van der Waals surface area contributed by atoms with E-state index in [2.05, 4.69) is 20.8 Å². The van der Waals surface area contributed by atoms with Crippen LogP contribution in [0.5, 0.6) is 0 Å². The fourth-order valence-electron chi connectivity index (χ4n) is 1.95. The van der Waals surface area contributed by atoms with Crippen LogP contribution < -0.4 is 10.6 Å². The average molecular weight is 244 g/mol. The summed E-state index contributed by atoms with van der Waals surface area (Å²) in [6.07, 6.45) is 1.00. The summed E-state index contributed by atoms with van der Waals surface area (Å²) in [4.78, 5) is 12.0. The number of hydrogen-bond donors (Lipinski definition) is 2. The minimum Gasteiger partial charge on any atom is -0.408 e. The second-order valence-corrected chi connectivity index (χ2v) is 4.13. The van der Waals surface area contributed by atoms with Crippen LogP contribution in [-0.4, -0.2) is 22.6 Å². The maximum Gasteiger partial charge on any atom is 0.322 e. The van der Waals surface area contributed by atoms with Gasteiger partial charge in [-0.25, -0.2) is 0 Å². The summed E-state index contributed by atoms with van der Waals surface area (Å²) in [5.41, 5.74) is 2.82. The third-order valence-corrected chi connectivity index (χ3v) is 2.83. The molecule has 0 radical (unpaired) electrons. The summed E-state index contributed by atoms with van der Waals surface area (Å²) >= 11 is 0. The fourth-order valence-corrected chi connectivity index (χ4v) is 1.95. The standard InChI is InChI=1S/C12H12N4O2/c1-7-15-16-12(18-7)14-11(17)9-3-2-8-4-5-13-10(8)6-9/h2-3,6,13H,4-5H2,1H3,(H,14,16,17). The SMILES string of the molecule is Cc1nnc(NC(=O)c2ccc3c(c2)NCC3)o1. The molecular formula is C12H12N4O2. The van der Waals surface area contributed by atoms with Gasteiger partial charge in [0.15, 0.2) is 0 Å². The molecule has 2 aromatic rings. The van der Waals surface area contributed by atoms with Crippen molar-refractivity contribution in [2.75, 3.05) is 17.2 Å². The van der Waals surface area contributed by atoms with Crippen LogP contribution in [0.1, 0.15) is 21.8 Å². The van der Waals surface area contributed by atoms with Crippen LogP contribution in [0.15, 0.2) is 22.6 Å². The lowest BCUT2D eigenvalue weighted by atomic mass is 10.1. The summed E-state index contributed by atoms with van der Waals surface area (Å²) in [6, 6.07) is 5.71. The van der Waals surface area contributed by atoms with Crippen molar-refractivity contribution in [3.8, 4) is 0 Å². The number of hydrogen-bond acceptors (Lipinski definition) is 5. The molecule has 18 heavy (non-hydrogen) atoms. The average Bonchev–Trinajstić information content (AvgIpc) is 2.96. The molecule has 0 atom stereocenters. The molecular weight excluding hydrogens is 232 g/mol. The molecule has 0 spiro atoms. The van der Waals surface area contributed by atoms with Gasteiger partial charge in [0, 0.05) is 24.7 Å². The van der Waals surface area contributed by atoms with Crippen molar-refractivity contribution >= 4 is 17.6 Å². The summed E-state index contributed by atoms with van der Waals surface area (Å²) in [6.45, 7) is 2.59. The second kappa shape index (κ2) is 4.14. The van der Waals surface area contributed by atoms with Crippen LogP contribution in [-0.2, 0) is 6.42 Å². The van der Waals surface area contributed by atoms with Crippen molar-refractivity contribution in [1.82, 2.24) is 10.2 Å². The number of rotatable bonds is 2. The summed E-state index contributed by atoms with van der Waals surface area (Å²) in [5, 5.41) is 13.2. The molecule has 1 aromatic heterocycles. The topological polar surface area (TPSA) is 80.0 Å². The van der Waals surface area contributed by atoms with Crippen LogP contribution in [0.4, 0.5) is 11.7 Å². The Balaban J connectivity index is 1.80. The van der Waals surface area contributed by atoms with Crippen LogP contribution in [0, 0.1) is 6.92 Å². The Morgan fingerprint density at radius 3 is 3.11 bits per heavy atom. The van der Waals surface area contributed by atoms with Gasteiger partial charge in [-0.15, -0.1) is 5.10 Å². The van der Waals surface area contributed by atoms with Gasteiger partial charge in [-0.05, 0) is 24.1 Å². The molecule has 0 aliphatic carbocycles. The number of benzene rings is 1.